The first kappa shape index (κ1) is 44.3. The molecule has 298 valence electrons. The van der Waals surface area contributed by atoms with Gasteiger partial charge in [-0.2, -0.15) is 0 Å². The highest BCUT2D eigenvalue weighted by atomic mass is 16.7. The minimum atomic E-state index is -1.47. The summed E-state index contributed by atoms with van der Waals surface area (Å²) >= 11 is 0. The smallest absolute Gasteiger partial charge is 0.308 e. The molecule has 5 N–H and O–H groups in total. The first-order chi connectivity index (χ1) is 24.3. The number of ketones is 1. The molecule has 14 heteroatoms. The predicted octanol–water partition coefficient (Wildman–Crippen LogP) is 1.67. The van der Waals surface area contributed by atoms with E-state index in [-0.39, 0.29) is 31.7 Å². The van der Waals surface area contributed by atoms with Crippen LogP contribution in [0.4, 0.5) is 0 Å². The molecule has 2 fully saturated rings. The van der Waals surface area contributed by atoms with E-state index in [9.17, 15) is 39.9 Å². The number of rotatable bonds is 9. The Bertz CT molecular complexity index is 1240. The van der Waals surface area contributed by atoms with Crippen LogP contribution in [0.15, 0.2) is 23.8 Å². The molecule has 0 radical (unpaired) electrons. The van der Waals surface area contributed by atoms with Crippen molar-refractivity contribution >= 4 is 18.0 Å². The number of carbonyl (C=O) groups is 3. The number of aliphatic hydroxyl groups excluding tert-OH is 4. The molecule has 52 heavy (non-hydrogen) atoms. The number of esters is 1. The van der Waals surface area contributed by atoms with Crippen LogP contribution in [-0.2, 0) is 38.1 Å². The zero-order chi connectivity index (χ0) is 39.1. The number of nitrogens with zero attached hydrogens (tertiary/aromatic N) is 1. The molecule has 0 aliphatic carbocycles. The minimum absolute atomic E-state index is 0.0210. The summed E-state index contributed by atoms with van der Waals surface area (Å²) in [6.45, 7) is 11.6. The number of ether oxygens (including phenoxy) is 5. The third kappa shape index (κ3) is 11.2. The van der Waals surface area contributed by atoms with Crippen LogP contribution in [0.25, 0.3) is 0 Å². The molecule has 3 aliphatic rings. The Kier molecular flexibility index (Phi) is 16.6. The van der Waals surface area contributed by atoms with E-state index in [1.165, 1.54) is 13.0 Å². The number of hydrogen-bond acceptors (Lipinski definition) is 14. The van der Waals surface area contributed by atoms with Gasteiger partial charge in [0.05, 0.1) is 49.1 Å². The summed E-state index contributed by atoms with van der Waals surface area (Å²) in [4.78, 5) is 40.3. The van der Waals surface area contributed by atoms with Gasteiger partial charge in [0, 0.05) is 30.6 Å². The van der Waals surface area contributed by atoms with Gasteiger partial charge in [0.25, 0.3) is 0 Å². The summed E-state index contributed by atoms with van der Waals surface area (Å²) in [5.74, 6) is -3.38. The van der Waals surface area contributed by atoms with Gasteiger partial charge in [0.15, 0.2) is 18.4 Å². The van der Waals surface area contributed by atoms with E-state index >= 15 is 0 Å². The molecular weight excluding hydrogens is 678 g/mol. The largest absolute Gasteiger partial charge is 0.462 e. The Morgan fingerprint density at radius 3 is 2.27 bits per heavy atom. The van der Waals surface area contributed by atoms with Gasteiger partial charge in [-0.1, -0.05) is 38.5 Å². The summed E-state index contributed by atoms with van der Waals surface area (Å²) < 4.78 is 30.7. The van der Waals surface area contributed by atoms with Crippen LogP contribution in [0.2, 0.25) is 0 Å². The fourth-order valence-electron chi connectivity index (χ4n) is 7.68. The molecule has 3 aliphatic heterocycles. The summed E-state index contributed by atoms with van der Waals surface area (Å²) in [5, 5.41) is 54.5. The summed E-state index contributed by atoms with van der Waals surface area (Å²) in [6.07, 6.45) is -4.08. The van der Waals surface area contributed by atoms with Crippen molar-refractivity contribution in [3.05, 3.63) is 23.8 Å². The van der Waals surface area contributed by atoms with Crippen molar-refractivity contribution in [2.45, 2.75) is 154 Å². The summed E-state index contributed by atoms with van der Waals surface area (Å²) in [5.41, 5.74) is -0.773. The van der Waals surface area contributed by atoms with Crippen LogP contribution in [0.5, 0.6) is 0 Å². The van der Waals surface area contributed by atoms with Crippen LogP contribution < -0.4 is 0 Å². The van der Waals surface area contributed by atoms with E-state index < -0.39 is 109 Å². The molecule has 3 rings (SSSR count). The molecule has 0 saturated carbocycles. The van der Waals surface area contributed by atoms with E-state index in [1.807, 2.05) is 6.92 Å². The Hall–Kier alpha value is -2.11. The van der Waals surface area contributed by atoms with E-state index in [1.54, 1.807) is 65.8 Å². The molecule has 0 spiro atoms. The van der Waals surface area contributed by atoms with Crippen molar-refractivity contribution < 1.29 is 63.6 Å². The average Bonchev–Trinajstić information content (AvgIpc) is 3.07. The van der Waals surface area contributed by atoms with Gasteiger partial charge >= 0.3 is 5.97 Å². The highest BCUT2D eigenvalue weighted by Crippen LogP contribution is 2.37. The van der Waals surface area contributed by atoms with Gasteiger partial charge in [-0.15, -0.1) is 0 Å². The lowest BCUT2D eigenvalue weighted by atomic mass is 9.79. The monoisotopic (exact) mass is 741 g/mol. The Morgan fingerprint density at radius 1 is 1.02 bits per heavy atom. The lowest BCUT2D eigenvalue weighted by molar-refractivity contribution is -0.341. The Labute approximate surface area is 308 Å². The number of carbonyl (C=O) groups excluding carboxylic acids is 3. The molecule has 0 amide bonds. The van der Waals surface area contributed by atoms with Crippen molar-refractivity contribution in [2.75, 3.05) is 20.7 Å². The standard InChI is InChI=1S/C38H63NO13/c1-10-29-26(19-41)15-20(2)11-12-27(42)21(3)16-25(13-14-40)34(22(4)28(43)17-30(44)50-29)52-37-33(45)32(39(8)9)35(23(5)49-37)51-31-18-38(7,47)36(46)24(6)48-31/h11-12,14-15,21-26,28-29,31-37,41,43,45-47H,10,13,16-19H2,1-9H3/b12-11-,20-15-/t21-,22+,23-,24+,25+,26-,28-,29-,31+,32-,33-,34-,35+,36+,37+,38-/m1/s1. The number of aldehydes is 1. The first-order valence-electron chi connectivity index (χ1n) is 18.5. The zero-order valence-corrected chi connectivity index (χ0v) is 32.2. The SMILES string of the molecule is CC[C@H]1OC(=O)C[C@@H](O)[C@H](C)[C@@H](O[C@@H]2O[C@H](C)[C@H](O[C@H]3C[C@@](C)(O)[C@@H](O)[C@H](C)O3)[C@H](N(C)C)[C@H]2O)[C@@H](CC=O)C[C@@H](C)C(=O)/C=C\C(C)=C/[C@@H]1CO. The average molecular weight is 742 g/mol. The summed E-state index contributed by atoms with van der Waals surface area (Å²) in [7, 11) is 3.51. The van der Waals surface area contributed by atoms with Gasteiger partial charge in [-0.05, 0) is 66.6 Å². The van der Waals surface area contributed by atoms with E-state index in [0.29, 0.717) is 12.0 Å². The maximum absolute atomic E-state index is 13.3. The van der Waals surface area contributed by atoms with E-state index in [4.69, 9.17) is 23.7 Å². The zero-order valence-electron chi connectivity index (χ0n) is 32.2. The molecule has 16 atom stereocenters. The number of likely N-dealkylation sites (N-methyl/N-ethyl adjacent to an activating group) is 1. The lowest BCUT2D eigenvalue weighted by Gasteiger charge is -2.50. The highest BCUT2D eigenvalue weighted by Gasteiger charge is 2.51. The molecule has 14 nitrogen and oxygen atoms in total. The molecule has 0 aromatic carbocycles. The normalized spacial score (nSPS) is 44.8. The minimum Gasteiger partial charge on any atom is -0.462 e. The van der Waals surface area contributed by atoms with Crippen molar-refractivity contribution in [2.24, 2.45) is 23.7 Å². The summed E-state index contributed by atoms with van der Waals surface area (Å²) in [6, 6.07) is -0.720. The van der Waals surface area contributed by atoms with E-state index in [2.05, 4.69) is 0 Å². The number of cyclic esters (lactones) is 1. The Morgan fingerprint density at radius 2 is 1.69 bits per heavy atom. The topological polar surface area (TPSA) is 202 Å². The molecule has 0 bridgehead atoms. The highest BCUT2D eigenvalue weighted by molar-refractivity contribution is 5.91. The number of aliphatic hydroxyl groups is 5. The Balaban J connectivity index is 1.96. The first-order valence-corrected chi connectivity index (χ1v) is 18.5. The van der Waals surface area contributed by atoms with Crippen LogP contribution in [-0.4, -0.2) is 142 Å². The molecule has 0 aromatic rings. The molecule has 2 saturated heterocycles. The van der Waals surface area contributed by atoms with Gasteiger partial charge in [-0.25, -0.2) is 0 Å². The fraction of sp³-hybridized carbons (Fsp3) is 0.816. The molecule has 0 aromatic heterocycles. The van der Waals surface area contributed by atoms with Crippen molar-refractivity contribution in [1.29, 1.82) is 0 Å². The second-order valence-corrected chi connectivity index (χ2v) is 15.5. The van der Waals surface area contributed by atoms with Crippen LogP contribution in [0, 0.1) is 23.7 Å². The maximum atomic E-state index is 13.3. The van der Waals surface area contributed by atoms with Gasteiger partial charge in [-0.3, -0.25) is 9.59 Å². The van der Waals surface area contributed by atoms with Crippen molar-refractivity contribution in [3.63, 3.8) is 0 Å². The number of allylic oxidation sites excluding steroid dienone is 3. The fourth-order valence-corrected chi connectivity index (χ4v) is 7.68. The van der Waals surface area contributed by atoms with Crippen LogP contribution in [0.3, 0.4) is 0 Å². The van der Waals surface area contributed by atoms with E-state index in [0.717, 1.165) is 6.29 Å². The molecule has 0 unspecified atom stereocenters. The van der Waals surface area contributed by atoms with Crippen LogP contribution in [0.1, 0.15) is 80.6 Å². The van der Waals surface area contributed by atoms with Crippen molar-refractivity contribution in [3.8, 4) is 0 Å². The van der Waals surface area contributed by atoms with Gasteiger partial charge in [0.2, 0.25) is 0 Å². The second-order valence-electron chi connectivity index (χ2n) is 15.5. The second kappa shape index (κ2) is 19.5. The third-order valence-corrected chi connectivity index (χ3v) is 10.9. The van der Waals surface area contributed by atoms with Gasteiger partial charge in [0.1, 0.15) is 30.7 Å². The van der Waals surface area contributed by atoms with Crippen molar-refractivity contribution in [1.82, 2.24) is 4.90 Å². The molecular formula is C38H63NO13. The maximum Gasteiger partial charge on any atom is 0.308 e. The predicted molar refractivity (Wildman–Crippen MR) is 190 cm³/mol. The van der Waals surface area contributed by atoms with Gasteiger partial charge < -0.3 is 58.9 Å². The third-order valence-electron chi connectivity index (χ3n) is 10.9. The molecule has 3 heterocycles. The van der Waals surface area contributed by atoms with Crippen LogP contribution >= 0.6 is 0 Å². The quantitative estimate of drug-likeness (QED) is 0.169. The lowest BCUT2D eigenvalue weighted by Crippen LogP contribution is -2.65. The number of hydrogen-bond donors (Lipinski definition) is 5.